The van der Waals surface area contributed by atoms with E-state index in [1.165, 1.54) is 57.1 Å². The molecule has 0 aliphatic carbocycles. The molecule has 0 saturated carbocycles. The zero-order chi connectivity index (χ0) is 26.0. The van der Waals surface area contributed by atoms with Crippen molar-refractivity contribution in [2.24, 2.45) is 0 Å². The molecule has 0 bridgehead atoms. The Bertz CT molecular complexity index is 837. The van der Waals surface area contributed by atoms with Crippen molar-refractivity contribution >= 4 is 5.97 Å². The van der Waals surface area contributed by atoms with Gasteiger partial charge in [-0.1, -0.05) is 77.3 Å². The van der Waals surface area contributed by atoms with Gasteiger partial charge in [0.05, 0.1) is 24.7 Å². The minimum absolute atomic E-state index is 0.0374. The molecule has 36 heavy (non-hydrogen) atoms. The molecule has 0 aromatic heterocycles. The van der Waals surface area contributed by atoms with Crippen LogP contribution in [-0.2, 0) is 4.74 Å². The van der Waals surface area contributed by atoms with Crippen LogP contribution >= 0.6 is 0 Å². The molecule has 0 amide bonds. The van der Waals surface area contributed by atoms with Crippen molar-refractivity contribution in [2.45, 2.75) is 90.4 Å². The van der Waals surface area contributed by atoms with Gasteiger partial charge in [-0.3, -0.25) is 0 Å². The number of halogens is 2. The molecule has 0 N–H and O–H groups in total. The lowest BCUT2D eigenvalue weighted by molar-refractivity contribution is 0.0425. The smallest absolute Gasteiger partial charge is 0.343 e. The predicted octanol–water partition coefficient (Wildman–Crippen LogP) is 8.59. The largest absolute Gasteiger partial charge is 0.494 e. The Morgan fingerprint density at radius 1 is 0.722 bits per heavy atom. The number of carbonyl (C=O) groups excluding carboxylic acids is 1. The monoisotopic (exact) mass is 504 g/mol. The van der Waals surface area contributed by atoms with Crippen molar-refractivity contribution in [3.63, 3.8) is 0 Å². The maximum absolute atomic E-state index is 13.5. The van der Waals surface area contributed by atoms with Crippen molar-refractivity contribution in [3.8, 4) is 11.5 Å². The Morgan fingerprint density at radius 2 is 1.31 bits per heavy atom. The van der Waals surface area contributed by atoms with Crippen LogP contribution in [-0.4, -0.2) is 32.2 Å². The lowest BCUT2D eigenvalue weighted by Gasteiger charge is -2.17. The number of carbonyl (C=O) groups is 1. The highest BCUT2D eigenvalue weighted by Gasteiger charge is 2.23. The average molecular weight is 505 g/mol. The fourth-order valence-electron chi connectivity index (χ4n) is 3.83. The molecule has 0 saturated heterocycles. The van der Waals surface area contributed by atoms with E-state index in [4.69, 9.17) is 14.2 Å². The summed E-state index contributed by atoms with van der Waals surface area (Å²) < 4.78 is 43.5. The first-order valence-electron chi connectivity index (χ1n) is 13.5. The quantitative estimate of drug-likeness (QED) is 0.109. The number of hydrogen-bond donors (Lipinski definition) is 0. The topological polar surface area (TPSA) is 44.8 Å². The summed E-state index contributed by atoms with van der Waals surface area (Å²) in [6.45, 7) is 5.35. The van der Waals surface area contributed by atoms with Crippen LogP contribution in [0.15, 0.2) is 48.5 Å². The van der Waals surface area contributed by atoms with Crippen molar-refractivity contribution in [3.05, 3.63) is 59.7 Å². The summed E-state index contributed by atoms with van der Waals surface area (Å²) in [6, 6.07) is 13.0. The second-order valence-electron chi connectivity index (χ2n) is 9.18. The minimum Gasteiger partial charge on any atom is -0.494 e. The molecule has 4 nitrogen and oxygen atoms in total. The molecule has 1 unspecified atom stereocenters. The van der Waals surface area contributed by atoms with Gasteiger partial charge in [0.2, 0.25) is 6.43 Å². The zero-order valence-corrected chi connectivity index (χ0v) is 21.9. The SMILES string of the molecule is CCCCCCCCCCOc1ccc(C(=O)Oc2ccc(C(COCCCC)C(F)F)cc2)cc1. The van der Waals surface area contributed by atoms with E-state index in [1.54, 1.807) is 36.4 Å². The third kappa shape index (κ3) is 11.5. The van der Waals surface area contributed by atoms with Gasteiger partial charge < -0.3 is 14.2 Å². The molecule has 0 heterocycles. The number of esters is 1. The Hall–Kier alpha value is -2.47. The van der Waals surface area contributed by atoms with Crippen LogP contribution in [0.1, 0.15) is 99.9 Å². The highest BCUT2D eigenvalue weighted by atomic mass is 19.3. The van der Waals surface area contributed by atoms with E-state index in [9.17, 15) is 13.6 Å². The second-order valence-corrected chi connectivity index (χ2v) is 9.18. The molecule has 0 spiro atoms. The van der Waals surface area contributed by atoms with Crippen LogP contribution in [0, 0.1) is 0 Å². The van der Waals surface area contributed by atoms with Crippen molar-refractivity contribution < 1.29 is 27.8 Å². The highest BCUT2D eigenvalue weighted by molar-refractivity contribution is 5.91. The van der Waals surface area contributed by atoms with Gasteiger partial charge in [0.1, 0.15) is 11.5 Å². The fraction of sp³-hybridized carbons (Fsp3) is 0.567. The summed E-state index contributed by atoms with van der Waals surface area (Å²) >= 11 is 0. The molecule has 0 fully saturated rings. The molecule has 2 aromatic carbocycles. The number of benzene rings is 2. The van der Waals surface area contributed by atoms with Crippen LogP contribution < -0.4 is 9.47 Å². The predicted molar refractivity (Wildman–Crippen MR) is 140 cm³/mol. The summed E-state index contributed by atoms with van der Waals surface area (Å²) in [5, 5.41) is 0. The second kappa shape index (κ2) is 17.9. The number of unbranched alkanes of at least 4 members (excludes halogenated alkanes) is 8. The zero-order valence-electron chi connectivity index (χ0n) is 21.9. The third-order valence-corrected chi connectivity index (χ3v) is 6.12. The van der Waals surface area contributed by atoms with E-state index in [1.807, 2.05) is 6.92 Å². The first kappa shape index (κ1) is 29.8. The molecule has 0 aliphatic heterocycles. The third-order valence-electron chi connectivity index (χ3n) is 6.12. The highest BCUT2D eigenvalue weighted by Crippen LogP contribution is 2.26. The van der Waals surface area contributed by atoms with Gasteiger partial charge in [-0.05, 0) is 54.8 Å². The average Bonchev–Trinajstić information content (AvgIpc) is 2.88. The van der Waals surface area contributed by atoms with Gasteiger partial charge >= 0.3 is 5.97 Å². The lowest BCUT2D eigenvalue weighted by Crippen LogP contribution is -2.16. The van der Waals surface area contributed by atoms with E-state index >= 15 is 0 Å². The Morgan fingerprint density at radius 3 is 1.92 bits per heavy atom. The first-order valence-corrected chi connectivity index (χ1v) is 13.5. The molecular formula is C30H42F2O4. The van der Waals surface area contributed by atoms with Gasteiger partial charge in [0.25, 0.3) is 0 Å². The van der Waals surface area contributed by atoms with Crippen LogP contribution in [0.25, 0.3) is 0 Å². The molecule has 6 heteroatoms. The standard InChI is InChI=1S/C30H42F2O4/c1-3-5-7-8-9-10-11-12-22-35-26-17-15-25(16-18-26)30(33)36-27-19-13-24(14-20-27)28(29(31)32)23-34-21-6-4-2/h13-20,28-29H,3-12,21-23H2,1-2H3. The van der Waals surface area contributed by atoms with Crippen molar-refractivity contribution in [1.82, 2.24) is 0 Å². The van der Waals surface area contributed by atoms with Gasteiger partial charge in [-0.15, -0.1) is 0 Å². The molecule has 1 atom stereocenters. The van der Waals surface area contributed by atoms with E-state index in [0.717, 1.165) is 25.0 Å². The first-order chi connectivity index (χ1) is 17.5. The van der Waals surface area contributed by atoms with E-state index in [2.05, 4.69) is 6.92 Å². The van der Waals surface area contributed by atoms with Crippen LogP contribution in [0.4, 0.5) is 8.78 Å². The number of alkyl halides is 2. The molecular weight excluding hydrogens is 462 g/mol. The Labute approximate surface area is 215 Å². The minimum atomic E-state index is -2.53. The molecule has 200 valence electrons. The Kier molecular flexibility index (Phi) is 14.8. The van der Waals surface area contributed by atoms with Gasteiger partial charge in [-0.2, -0.15) is 0 Å². The van der Waals surface area contributed by atoms with Gasteiger partial charge in [0.15, 0.2) is 0 Å². The van der Waals surface area contributed by atoms with E-state index in [-0.39, 0.29) is 6.61 Å². The summed E-state index contributed by atoms with van der Waals surface area (Å²) in [6.07, 6.45) is 9.24. The maximum atomic E-state index is 13.5. The normalized spacial score (nSPS) is 12.0. The maximum Gasteiger partial charge on any atom is 0.343 e. The number of rotatable bonds is 19. The summed E-state index contributed by atoms with van der Waals surface area (Å²) in [5.41, 5.74) is 0.854. The van der Waals surface area contributed by atoms with Crippen LogP contribution in [0.2, 0.25) is 0 Å². The summed E-state index contributed by atoms with van der Waals surface area (Å²) in [4.78, 5) is 12.5. The molecule has 0 radical (unpaired) electrons. The number of ether oxygens (including phenoxy) is 3. The van der Waals surface area contributed by atoms with Crippen LogP contribution in [0.5, 0.6) is 11.5 Å². The van der Waals surface area contributed by atoms with E-state index in [0.29, 0.717) is 30.1 Å². The fourth-order valence-corrected chi connectivity index (χ4v) is 3.83. The van der Waals surface area contributed by atoms with Crippen molar-refractivity contribution in [2.75, 3.05) is 19.8 Å². The summed E-state index contributed by atoms with van der Waals surface area (Å²) in [5.74, 6) is -0.493. The molecule has 2 rings (SSSR count). The summed E-state index contributed by atoms with van der Waals surface area (Å²) in [7, 11) is 0. The van der Waals surface area contributed by atoms with Gasteiger partial charge in [0, 0.05) is 6.61 Å². The number of hydrogen-bond acceptors (Lipinski definition) is 4. The van der Waals surface area contributed by atoms with Crippen molar-refractivity contribution in [1.29, 1.82) is 0 Å². The Balaban J connectivity index is 1.75. The van der Waals surface area contributed by atoms with E-state index < -0.39 is 18.3 Å². The lowest BCUT2D eigenvalue weighted by atomic mass is 10.0. The van der Waals surface area contributed by atoms with Gasteiger partial charge in [-0.25, -0.2) is 13.6 Å². The molecule has 2 aromatic rings. The molecule has 0 aliphatic rings. The van der Waals surface area contributed by atoms with Crippen LogP contribution in [0.3, 0.4) is 0 Å².